The maximum atomic E-state index is 9.17. The standard InChI is InChI=1S/C10H18N4O2/c15-7-8(16)5-11-6-10-13-12-9-3-1-2-4-14(9)10/h8,11,15-16H,1-7H2. The molecular formula is C10H18N4O2. The zero-order valence-corrected chi connectivity index (χ0v) is 9.26. The van der Waals surface area contributed by atoms with Gasteiger partial charge in [-0.15, -0.1) is 10.2 Å². The van der Waals surface area contributed by atoms with Crippen LogP contribution >= 0.6 is 0 Å². The minimum absolute atomic E-state index is 0.217. The van der Waals surface area contributed by atoms with E-state index in [1.165, 1.54) is 12.8 Å². The van der Waals surface area contributed by atoms with E-state index in [9.17, 15) is 0 Å². The molecule has 2 rings (SSSR count). The molecule has 2 heterocycles. The fourth-order valence-corrected chi connectivity index (χ4v) is 1.91. The molecule has 1 unspecified atom stereocenters. The second-order valence-electron chi connectivity index (χ2n) is 4.11. The lowest BCUT2D eigenvalue weighted by molar-refractivity contribution is 0.0940. The van der Waals surface area contributed by atoms with Crippen molar-refractivity contribution in [2.75, 3.05) is 13.2 Å². The molecular weight excluding hydrogens is 208 g/mol. The smallest absolute Gasteiger partial charge is 0.147 e. The van der Waals surface area contributed by atoms with Crippen LogP contribution in [0.2, 0.25) is 0 Å². The number of aromatic nitrogens is 3. The minimum Gasteiger partial charge on any atom is -0.394 e. The van der Waals surface area contributed by atoms with E-state index < -0.39 is 6.10 Å². The third-order valence-electron chi connectivity index (χ3n) is 2.81. The second kappa shape index (κ2) is 5.38. The van der Waals surface area contributed by atoms with Crippen LogP contribution in [0.4, 0.5) is 0 Å². The lowest BCUT2D eigenvalue weighted by atomic mass is 10.2. The lowest BCUT2D eigenvalue weighted by Gasteiger charge is -2.15. The fourth-order valence-electron chi connectivity index (χ4n) is 1.91. The van der Waals surface area contributed by atoms with Crippen LogP contribution in [0.5, 0.6) is 0 Å². The summed E-state index contributed by atoms with van der Waals surface area (Å²) in [5.41, 5.74) is 0. The van der Waals surface area contributed by atoms with Gasteiger partial charge in [-0.2, -0.15) is 0 Å². The average molecular weight is 226 g/mol. The first-order valence-electron chi connectivity index (χ1n) is 5.72. The summed E-state index contributed by atoms with van der Waals surface area (Å²) in [4.78, 5) is 0. The molecule has 90 valence electrons. The Hall–Kier alpha value is -0.980. The van der Waals surface area contributed by atoms with Crippen LogP contribution < -0.4 is 5.32 Å². The van der Waals surface area contributed by atoms with Crippen LogP contribution in [0.1, 0.15) is 24.5 Å². The van der Waals surface area contributed by atoms with Crippen molar-refractivity contribution in [2.45, 2.75) is 38.5 Å². The molecule has 1 aromatic heterocycles. The molecule has 1 aliphatic heterocycles. The predicted octanol–water partition coefficient (Wildman–Crippen LogP) is -0.943. The second-order valence-corrected chi connectivity index (χ2v) is 4.11. The van der Waals surface area contributed by atoms with Gasteiger partial charge in [-0.05, 0) is 12.8 Å². The molecule has 0 spiro atoms. The summed E-state index contributed by atoms with van der Waals surface area (Å²) in [6, 6.07) is 0. The molecule has 1 atom stereocenters. The number of rotatable bonds is 5. The summed E-state index contributed by atoms with van der Waals surface area (Å²) in [6.07, 6.45) is 2.67. The van der Waals surface area contributed by atoms with Gasteiger partial charge in [0.15, 0.2) is 0 Å². The van der Waals surface area contributed by atoms with Gasteiger partial charge in [-0.3, -0.25) is 0 Å². The van der Waals surface area contributed by atoms with E-state index in [4.69, 9.17) is 10.2 Å². The third-order valence-corrected chi connectivity index (χ3v) is 2.81. The Morgan fingerprint density at radius 3 is 3.06 bits per heavy atom. The molecule has 0 radical (unpaired) electrons. The highest BCUT2D eigenvalue weighted by Gasteiger charge is 2.15. The van der Waals surface area contributed by atoms with Crippen molar-refractivity contribution in [3.05, 3.63) is 11.6 Å². The van der Waals surface area contributed by atoms with Crippen molar-refractivity contribution in [3.63, 3.8) is 0 Å². The molecule has 16 heavy (non-hydrogen) atoms. The Kier molecular flexibility index (Phi) is 3.87. The molecule has 0 saturated carbocycles. The summed E-state index contributed by atoms with van der Waals surface area (Å²) in [7, 11) is 0. The van der Waals surface area contributed by atoms with E-state index >= 15 is 0 Å². The lowest BCUT2D eigenvalue weighted by Crippen LogP contribution is -2.30. The highest BCUT2D eigenvalue weighted by Crippen LogP contribution is 2.13. The van der Waals surface area contributed by atoms with Gasteiger partial charge in [-0.1, -0.05) is 0 Å². The molecule has 3 N–H and O–H groups in total. The van der Waals surface area contributed by atoms with E-state index in [0.29, 0.717) is 13.1 Å². The van der Waals surface area contributed by atoms with Crippen LogP contribution in [0.15, 0.2) is 0 Å². The molecule has 0 bridgehead atoms. The summed E-state index contributed by atoms with van der Waals surface area (Å²) in [6.45, 7) is 1.73. The number of aliphatic hydroxyl groups excluding tert-OH is 2. The topological polar surface area (TPSA) is 83.2 Å². The zero-order valence-electron chi connectivity index (χ0n) is 9.26. The summed E-state index contributed by atoms with van der Waals surface area (Å²) < 4.78 is 2.14. The van der Waals surface area contributed by atoms with Crippen molar-refractivity contribution in [2.24, 2.45) is 0 Å². The predicted molar refractivity (Wildman–Crippen MR) is 57.8 cm³/mol. The number of nitrogens with one attached hydrogen (secondary N) is 1. The normalized spacial score (nSPS) is 17.1. The molecule has 1 aromatic rings. The fraction of sp³-hybridized carbons (Fsp3) is 0.800. The average Bonchev–Trinajstić information content (AvgIpc) is 2.73. The number of aliphatic hydroxyl groups is 2. The van der Waals surface area contributed by atoms with Gasteiger partial charge in [0.2, 0.25) is 0 Å². The number of nitrogens with zero attached hydrogens (tertiary/aromatic N) is 3. The van der Waals surface area contributed by atoms with Crippen LogP contribution in [0, 0.1) is 0 Å². The summed E-state index contributed by atoms with van der Waals surface area (Å²) in [5, 5.41) is 29.1. The summed E-state index contributed by atoms with van der Waals surface area (Å²) in [5.74, 6) is 1.98. The number of hydrogen-bond acceptors (Lipinski definition) is 5. The van der Waals surface area contributed by atoms with Crippen molar-refractivity contribution in [3.8, 4) is 0 Å². The van der Waals surface area contributed by atoms with E-state index in [0.717, 1.165) is 24.6 Å². The Labute approximate surface area is 94.3 Å². The Bertz CT molecular complexity index is 340. The van der Waals surface area contributed by atoms with Crippen LogP contribution in [-0.2, 0) is 19.5 Å². The van der Waals surface area contributed by atoms with Gasteiger partial charge in [0.25, 0.3) is 0 Å². The first kappa shape index (κ1) is 11.5. The van der Waals surface area contributed by atoms with Gasteiger partial charge in [0.05, 0.1) is 19.3 Å². The maximum absolute atomic E-state index is 9.17. The minimum atomic E-state index is -0.705. The molecule has 0 aromatic carbocycles. The van der Waals surface area contributed by atoms with Gasteiger partial charge in [0.1, 0.15) is 11.6 Å². The Balaban J connectivity index is 1.87. The van der Waals surface area contributed by atoms with Crippen molar-refractivity contribution >= 4 is 0 Å². The molecule has 0 saturated heterocycles. The highest BCUT2D eigenvalue weighted by molar-refractivity contribution is 4.98. The van der Waals surface area contributed by atoms with Gasteiger partial charge >= 0.3 is 0 Å². The molecule has 1 aliphatic rings. The van der Waals surface area contributed by atoms with E-state index in [2.05, 4.69) is 20.1 Å². The van der Waals surface area contributed by atoms with Gasteiger partial charge in [-0.25, -0.2) is 0 Å². The molecule has 0 amide bonds. The van der Waals surface area contributed by atoms with Gasteiger partial charge in [0, 0.05) is 19.5 Å². The van der Waals surface area contributed by atoms with Crippen LogP contribution in [0.3, 0.4) is 0 Å². The quantitative estimate of drug-likeness (QED) is 0.603. The van der Waals surface area contributed by atoms with Crippen molar-refractivity contribution in [1.82, 2.24) is 20.1 Å². The number of hydrogen-bond donors (Lipinski definition) is 3. The van der Waals surface area contributed by atoms with E-state index in [1.807, 2.05) is 0 Å². The molecule has 6 nitrogen and oxygen atoms in total. The largest absolute Gasteiger partial charge is 0.394 e. The SMILES string of the molecule is OCC(O)CNCc1nnc2n1CCCC2. The Morgan fingerprint density at radius 1 is 1.38 bits per heavy atom. The Morgan fingerprint density at radius 2 is 2.25 bits per heavy atom. The first-order chi connectivity index (χ1) is 7.81. The third kappa shape index (κ3) is 2.58. The highest BCUT2D eigenvalue weighted by atomic mass is 16.3. The van der Waals surface area contributed by atoms with E-state index in [1.54, 1.807) is 0 Å². The van der Waals surface area contributed by atoms with Crippen LogP contribution in [-0.4, -0.2) is 44.2 Å². The van der Waals surface area contributed by atoms with E-state index in [-0.39, 0.29) is 6.61 Å². The maximum Gasteiger partial charge on any atom is 0.147 e. The van der Waals surface area contributed by atoms with Crippen molar-refractivity contribution < 1.29 is 10.2 Å². The monoisotopic (exact) mass is 226 g/mol. The van der Waals surface area contributed by atoms with Crippen molar-refractivity contribution in [1.29, 1.82) is 0 Å². The van der Waals surface area contributed by atoms with Crippen LogP contribution in [0.25, 0.3) is 0 Å². The molecule has 0 aliphatic carbocycles. The zero-order chi connectivity index (χ0) is 11.4. The summed E-state index contributed by atoms with van der Waals surface area (Å²) >= 11 is 0. The molecule has 6 heteroatoms. The first-order valence-corrected chi connectivity index (χ1v) is 5.72. The number of aryl methyl sites for hydroxylation is 1. The molecule has 0 fully saturated rings. The van der Waals surface area contributed by atoms with Gasteiger partial charge < -0.3 is 20.1 Å². The number of fused-ring (bicyclic) bond motifs is 1.